The van der Waals surface area contributed by atoms with E-state index in [-0.39, 0.29) is 5.82 Å². The highest BCUT2D eigenvalue weighted by molar-refractivity contribution is 5.81. The number of azide groups is 1. The molecule has 0 aromatic carbocycles. The third kappa shape index (κ3) is 2.04. The Morgan fingerprint density at radius 1 is 1.48 bits per heavy atom. The van der Waals surface area contributed by atoms with E-state index in [1.165, 1.54) is 17.2 Å². The fourth-order valence-corrected chi connectivity index (χ4v) is 2.35. The van der Waals surface area contributed by atoms with Gasteiger partial charge in [0, 0.05) is 4.91 Å². The van der Waals surface area contributed by atoms with Crippen LogP contribution in [-0.2, 0) is 4.74 Å². The fraction of sp³-hybridized carbons (Fsp3) is 0.500. The zero-order valence-corrected chi connectivity index (χ0v) is 10.7. The van der Waals surface area contributed by atoms with E-state index >= 15 is 0 Å². The largest absolute Gasteiger partial charge is 0.394 e. The van der Waals surface area contributed by atoms with Gasteiger partial charge in [-0.05, 0) is 5.53 Å². The molecule has 11 heteroatoms. The molecule has 2 aromatic rings. The van der Waals surface area contributed by atoms with Crippen molar-refractivity contribution in [1.82, 2.24) is 19.5 Å². The minimum atomic E-state index is -1.13. The summed E-state index contributed by atoms with van der Waals surface area (Å²) in [5.41, 5.74) is 15.1. The number of aromatic nitrogens is 4. The van der Waals surface area contributed by atoms with Crippen LogP contribution in [0.1, 0.15) is 6.23 Å². The Morgan fingerprint density at radius 3 is 3.00 bits per heavy atom. The van der Waals surface area contributed by atoms with Gasteiger partial charge >= 0.3 is 0 Å². The van der Waals surface area contributed by atoms with Crippen molar-refractivity contribution in [3.05, 3.63) is 23.1 Å². The van der Waals surface area contributed by atoms with E-state index in [1.54, 1.807) is 0 Å². The zero-order chi connectivity index (χ0) is 15.0. The van der Waals surface area contributed by atoms with Gasteiger partial charge in [0.25, 0.3) is 0 Å². The molecular formula is C10H12N8O3. The molecule has 110 valence electrons. The van der Waals surface area contributed by atoms with Gasteiger partial charge in [-0.1, -0.05) is 5.11 Å². The number of aliphatic hydroxyl groups is 2. The normalized spacial score (nSPS) is 28.7. The van der Waals surface area contributed by atoms with Crippen molar-refractivity contribution >= 4 is 17.0 Å². The quantitative estimate of drug-likeness (QED) is 0.383. The minimum absolute atomic E-state index is 0.205. The Labute approximate surface area is 117 Å². The Kier molecular flexibility index (Phi) is 3.31. The third-order valence-electron chi connectivity index (χ3n) is 3.36. The number of anilines is 1. The molecule has 0 radical (unpaired) electrons. The topological polar surface area (TPSA) is 168 Å². The summed E-state index contributed by atoms with van der Waals surface area (Å²) in [5, 5.41) is 22.8. The van der Waals surface area contributed by atoms with Crippen LogP contribution in [0.5, 0.6) is 0 Å². The average Bonchev–Trinajstić information content (AvgIpc) is 3.03. The van der Waals surface area contributed by atoms with E-state index in [2.05, 4.69) is 25.0 Å². The molecule has 21 heavy (non-hydrogen) atoms. The van der Waals surface area contributed by atoms with Gasteiger partial charge in [0.2, 0.25) is 0 Å². The maximum absolute atomic E-state index is 10.0. The van der Waals surface area contributed by atoms with Gasteiger partial charge in [-0.2, -0.15) is 0 Å². The number of nitrogen functional groups attached to an aromatic ring is 1. The second-order valence-corrected chi connectivity index (χ2v) is 4.52. The van der Waals surface area contributed by atoms with Crippen LogP contribution in [0.15, 0.2) is 17.8 Å². The van der Waals surface area contributed by atoms with Crippen LogP contribution in [0.4, 0.5) is 5.82 Å². The van der Waals surface area contributed by atoms with Crippen molar-refractivity contribution in [2.75, 3.05) is 12.3 Å². The minimum Gasteiger partial charge on any atom is -0.394 e. The van der Waals surface area contributed by atoms with Crippen molar-refractivity contribution < 1.29 is 14.9 Å². The average molecular weight is 292 g/mol. The van der Waals surface area contributed by atoms with E-state index in [0.29, 0.717) is 11.2 Å². The summed E-state index contributed by atoms with van der Waals surface area (Å²) in [4.78, 5) is 14.7. The molecule has 1 aliphatic heterocycles. The Hall–Kier alpha value is -2.46. The smallest absolute Gasteiger partial charge is 0.167 e. The van der Waals surface area contributed by atoms with Crippen molar-refractivity contribution in [3.8, 4) is 0 Å². The molecule has 3 rings (SSSR count). The second-order valence-electron chi connectivity index (χ2n) is 4.52. The van der Waals surface area contributed by atoms with E-state index in [1.807, 2.05) is 0 Å². The molecule has 1 unspecified atom stereocenters. The molecule has 1 aliphatic rings. The van der Waals surface area contributed by atoms with Crippen LogP contribution in [0.3, 0.4) is 0 Å². The van der Waals surface area contributed by atoms with Gasteiger partial charge in [0.05, 0.1) is 19.0 Å². The number of fused-ring (bicyclic) bond motifs is 1. The van der Waals surface area contributed by atoms with E-state index < -0.39 is 31.1 Å². The van der Waals surface area contributed by atoms with Gasteiger partial charge in [-0.15, -0.1) is 0 Å². The molecule has 1 fully saturated rings. The molecule has 4 atom stereocenters. The number of hydrogen-bond donors (Lipinski definition) is 3. The predicted octanol–water partition coefficient (Wildman–Crippen LogP) is -0.662. The van der Waals surface area contributed by atoms with Crippen LogP contribution in [0.25, 0.3) is 21.6 Å². The monoisotopic (exact) mass is 292 g/mol. The summed E-state index contributed by atoms with van der Waals surface area (Å²) >= 11 is 0. The SMILES string of the molecule is [N-]=[N+]=N[C@H]1C(O)[C@@H](CO)O[C@H]1n1cnc2c(N)ncnc21. The van der Waals surface area contributed by atoms with E-state index in [4.69, 9.17) is 16.0 Å². The molecule has 3 heterocycles. The highest BCUT2D eigenvalue weighted by Gasteiger charge is 2.44. The Balaban J connectivity index is 2.08. The van der Waals surface area contributed by atoms with Crippen LogP contribution in [-0.4, -0.2) is 54.6 Å². The molecule has 11 nitrogen and oxygen atoms in total. The first-order valence-corrected chi connectivity index (χ1v) is 6.09. The first-order chi connectivity index (χ1) is 10.2. The number of aliphatic hydroxyl groups excluding tert-OH is 2. The summed E-state index contributed by atoms with van der Waals surface area (Å²) in [6.45, 7) is -0.404. The summed E-state index contributed by atoms with van der Waals surface area (Å²) < 4.78 is 7.03. The fourth-order valence-electron chi connectivity index (χ4n) is 2.35. The van der Waals surface area contributed by atoms with Crippen LogP contribution < -0.4 is 5.73 Å². The van der Waals surface area contributed by atoms with Crippen molar-refractivity contribution in [2.24, 2.45) is 5.11 Å². The molecule has 2 aromatic heterocycles. The first-order valence-electron chi connectivity index (χ1n) is 6.09. The van der Waals surface area contributed by atoms with Gasteiger partial charge in [0.15, 0.2) is 11.5 Å². The maximum Gasteiger partial charge on any atom is 0.167 e. The lowest BCUT2D eigenvalue weighted by molar-refractivity contribution is -0.0437. The summed E-state index contributed by atoms with van der Waals surface area (Å²) in [6, 6.07) is -0.916. The van der Waals surface area contributed by atoms with Crippen LogP contribution >= 0.6 is 0 Å². The van der Waals surface area contributed by atoms with E-state index in [9.17, 15) is 10.2 Å². The van der Waals surface area contributed by atoms with E-state index in [0.717, 1.165) is 0 Å². The third-order valence-corrected chi connectivity index (χ3v) is 3.36. The lowest BCUT2D eigenvalue weighted by Crippen LogP contribution is -2.31. The van der Waals surface area contributed by atoms with Crippen LogP contribution in [0.2, 0.25) is 0 Å². The lowest BCUT2D eigenvalue weighted by atomic mass is 10.1. The second kappa shape index (κ2) is 5.14. The molecule has 0 spiro atoms. The molecule has 0 bridgehead atoms. The molecule has 4 N–H and O–H groups in total. The Morgan fingerprint density at radius 2 is 2.29 bits per heavy atom. The van der Waals surface area contributed by atoms with Crippen molar-refractivity contribution in [3.63, 3.8) is 0 Å². The lowest BCUT2D eigenvalue weighted by Gasteiger charge is -2.16. The van der Waals surface area contributed by atoms with Gasteiger partial charge < -0.3 is 20.7 Å². The number of nitrogens with two attached hydrogens (primary N) is 1. The number of nitrogens with zero attached hydrogens (tertiary/aromatic N) is 7. The highest BCUT2D eigenvalue weighted by Crippen LogP contribution is 2.33. The van der Waals surface area contributed by atoms with Gasteiger partial charge in [-0.25, -0.2) is 15.0 Å². The van der Waals surface area contributed by atoms with Crippen molar-refractivity contribution in [1.29, 1.82) is 0 Å². The summed E-state index contributed by atoms with van der Waals surface area (Å²) in [7, 11) is 0. The molecule has 0 saturated carbocycles. The van der Waals surface area contributed by atoms with Gasteiger partial charge in [-0.3, -0.25) is 4.57 Å². The summed E-state index contributed by atoms with van der Waals surface area (Å²) in [5.74, 6) is 0.205. The summed E-state index contributed by atoms with van der Waals surface area (Å²) in [6.07, 6.45) is -0.151. The molecule has 0 amide bonds. The molecule has 0 aliphatic carbocycles. The van der Waals surface area contributed by atoms with Crippen LogP contribution in [0, 0.1) is 0 Å². The highest BCUT2D eigenvalue weighted by atomic mass is 16.5. The number of imidazole rings is 1. The number of rotatable bonds is 3. The standard InChI is InChI=1S/C10H12N8O3/c11-8-6-9(14-2-13-8)18(3-15-6)10-5(16-17-12)7(20)4(1-19)21-10/h2-5,7,10,19-20H,1H2,(H2,11,13,14)/t4-,5+,7?,10-/m1/s1. The number of ether oxygens (including phenoxy) is 1. The molecule has 1 saturated heterocycles. The maximum atomic E-state index is 10.0. The van der Waals surface area contributed by atoms with Crippen molar-refractivity contribution in [2.45, 2.75) is 24.5 Å². The molecular weight excluding hydrogens is 280 g/mol. The number of hydrogen-bond acceptors (Lipinski definition) is 8. The van der Waals surface area contributed by atoms with Gasteiger partial charge in [0.1, 0.15) is 30.2 Å². The Bertz CT molecular complexity index is 711. The first kappa shape index (κ1) is 13.5. The predicted molar refractivity (Wildman–Crippen MR) is 69.7 cm³/mol. The zero-order valence-electron chi connectivity index (χ0n) is 10.7.